The highest BCUT2D eigenvalue weighted by atomic mass is 31.2. The summed E-state index contributed by atoms with van der Waals surface area (Å²) in [5, 5.41) is 34.9. The zero-order valence-corrected chi connectivity index (χ0v) is 7.99. The molecule has 0 saturated carbocycles. The lowest BCUT2D eigenvalue weighted by Gasteiger charge is -2.25. The van der Waals surface area contributed by atoms with Gasteiger partial charge in [-0.15, -0.1) is 0 Å². The van der Waals surface area contributed by atoms with Crippen molar-refractivity contribution in [3.63, 3.8) is 0 Å². The lowest BCUT2D eigenvalue weighted by Crippen LogP contribution is -2.42. The molecule has 0 saturated heterocycles. The molecule has 0 aromatic rings. The molecule has 86 valence electrons. The SMILES string of the molecule is O=P(O)(O)OC(C(O)CO)C(O)CO. The molecule has 6 N–H and O–H groups in total. The van der Waals surface area contributed by atoms with Crippen LogP contribution in [-0.2, 0) is 9.09 Å². The highest BCUT2D eigenvalue weighted by molar-refractivity contribution is 7.46. The van der Waals surface area contributed by atoms with E-state index in [-0.39, 0.29) is 0 Å². The summed E-state index contributed by atoms with van der Waals surface area (Å²) in [5.74, 6) is 0. The Kier molecular flexibility index (Phi) is 5.72. The van der Waals surface area contributed by atoms with Crippen LogP contribution in [0.4, 0.5) is 0 Å². The summed E-state index contributed by atoms with van der Waals surface area (Å²) in [7, 11) is -4.90. The maximum absolute atomic E-state index is 10.4. The number of aliphatic hydroxyl groups is 4. The van der Waals surface area contributed by atoms with Crippen LogP contribution in [0.15, 0.2) is 0 Å². The molecular weight excluding hydrogens is 219 g/mol. The third-order valence-corrected chi connectivity index (χ3v) is 1.91. The highest BCUT2D eigenvalue weighted by Gasteiger charge is 2.33. The smallest absolute Gasteiger partial charge is 0.394 e. The van der Waals surface area contributed by atoms with E-state index in [0.717, 1.165) is 0 Å². The Labute approximate surface area is 79.6 Å². The molecule has 0 fully saturated rings. The molecule has 0 radical (unpaired) electrons. The molecule has 14 heavy (non-hydrogen) atoms. The van der Waals surface area contributed by atoms with Crippen molar-refractivity contribution in [2.45, 2.75) is 18.3 Å². The van der Waals surface area contributed by atoms with E-state index in [9.17, 15) is 4.57 Å². The molecule has 0 heterocycles. The second-order valence-corrected chi connectivity index (χ2v) is 3.75. The summed E-state index contributed by atoms with van der Waals surface area (Å²) in [6.07, 6.45) is -5.12. The lowest BCUT2D eigenvalue weighted by molar-refractivity contribution is -0.0861. The molecule has 0 aromatic heterocycles. The zero-order chi connectivity index (χ0) is 11.4. The van der Waals surface area contributed by atoms with Gasteiger partial charge in [-0.1, -0.05) is 0 Å². The first kappa shape index (κ1) is 13.9. The summed E-state index contributed by atoms with van der Waals surface area (Å²) < 4.78 is 14.4. The standard InChI is InChI=1S/C5H13O8P/c6-1-3(8)5(4(9)2-7)13-14(10,11)12/h3-9H,1-2H2,(H2,10,11,12). The van der Waals surface area contributed by atoms with E-state index in [2.05, 4.69) is 4.52 Å². The van der Waals surface area contributed by atoms with Crippen molar-refractivity contribution in [1.82, 2.24) is 0 Å². The van der Waals surface area contributed by atoms with Crippen LogP contribution < -0.4 is 0 Å². The lowest BCUT2D eigenvalue weighted by atomic mass is 10.1. The van der Waals surface area contributed by atoms with Gasteiger partial charge in [0.25, 0.3) is 0 Å². The van der Waals surface area contributed by atoms with Crippen LogP contribution in [0, 0.1) is 0 Å². The largest absolute Gasteiger partial charge is 0.470 e. The van der Waals surface area contributed by atoms with Crippen molar-refractivity contribution in [2.75, 3.05) is 13.2 Å². The highest BCUT2D eigenvalue weighted by Crippen LogP contribution is 2.38. The molecule has 8 nitrogen and oxygen atoms in total. The van der Waals surface area contributed by atoms with Crippen molar-refractivity contribution >= 4 is 7.82 Å². The Morgan fingerprint density at radius 3 is 1.64 bits per heavy atom. The molecule has 0 amide bonds. The molecule has 0 rings (SSSR count). The average Bonchev–Trinajstić information content (AvgIpc) is 2.10. The summed E-state index contributed by atoms with van der Waals surface area (Å²) in [5.41, 5.74) is 0. The van der Waals surface area contributed by atoms with Crippen LogP contribution >= 0.6 is 7.82 Å². The Bertz CT molecular complexity index is 192. The summed E-state index contributed by atoms with van der Waals surface area (Å²) in [4.78, 5) is 16.8. The molecule has 2 atom stereocenters. The molecule has 0 bridgehead atoms. The molecule has 0 aromatic carbocycles. The number of phosphoric ester groups is 1. The minimum absolute atomic E-state index is 0.859. The van der Waals surface area contributed by atoms with E-state index >= 15 is 0 Å². The van der Waals surface area contributed by atoms with Crippen molar-refractivity contribution in [2.24, 2.45) is 0 Å². The van der Waals surface area contributed by atoms with Gasteiger partial charge in [0.05, 0.1) is 13.2 Å². The summed E-state index contributed by atoms with van der Waals surface area (Å²) >= 11 is 0. The minimum Gasteiger partial charge on any atom is -0.394 e. The predicted octanol–water partition coefficient (Wildman–Crippen LogP) is -2.83. The molecule has 0 aliphatic heterocycles. The fraction of sp³-hybridized carbons (Fsp3) is 1.00. The van der Waals surface area contributed by atoms with E-state index in [0.29, 0.717) is 0 Å². The number of aliphatic hydroxyl groups excluding tert-OH is 4. The van der Waals surface area contributed by atoms with Crippen molar-refractivity contribution in [1.29, 1.82) is 0 Å². The molecule has 0 aliphatic rings. The van der Waals surface area contributed by atoms with Gasteiger partial charge in [-0.25, -0.2) is 4.57 Å². The molecule has 0 aliphatic carbocycles. The Hall–Kier alpha value is -0.0500. The number of phosphoric acid groups is 1. The topological polar surface area (TPSA) is 148 Å². The predicted molar refractivity (Wildman–Crippen MR) is 43.1 cm³/mol. The molecule has 9 heteroatoms. The van der Waals surface area contributed by atoms with Gasteiger partial charge in [-0.05, 0) is 0 Å². The summed E-state index contributed by atoms with van der Waals surface area (Å²) in [6.45, 7) is -1.72. The Morgan fingerprint density at radius 1 is 1.07 bits per heavy atom. The van der Waals surface area contributed by atoms with Gasteiger partial charge in [0.15, 0.2) is 0 Å². The van der Waals surface area contributed by atoms with Gasteiger partial charge in [0.2, 0.25) is 0 Å². The third-order valence-electron chi connectivity index (χ3n) is 1.39. The van der Waals surface area contributed by atoms with Crippen LogP contribution in [0.2, 0.25) is 0 Å². The fourth-order valence-electron chi connectivity index (χ4n) is 0.763. The number of rotatable bonds is 6. The maximum Gasteiger partial charge on any atom is 0.470 e. The van der Waals surface area contributed by atoms with Gasteiger partial charge in [-0.2, -0.15) is 0 Å². The van der Waals surface area contributed by atoms with Gasteiger partial charge < -0.3 is 30.2 Å². The first-order chi connectivity index (χ1) is 6.31. The van der Waals surface area contributed by atoms with E-state index in [1.54, 1.807) is 0 Å². The molecular formula is C5H13O8P. The van der Waals surface area contributed by atoms with Gasteiger partial charge in [0, 0.05) is 0 Å². The second kappa shape index (κ2) is 5.74. The zero-order valence-electron chi connectivity index (χ0n) is 7.09. The van der Waals surface area contributed by atoms with Crippen LogP contribution in [-0.4, -0.2) is 61.7 Å². The quantitative estimate of drug-likeness (QED) is 0.268. The van der Waals surface area contributed by atoms with Gasteiger partial charge in [0.1, 0.15) is 18.3 Å². The minimum atomic E-state index is -4.90. The Morgan fingerprint density at radius 2 is 1.43 bits per heavy atom. The van der Waals surface area contributed by atoms with Crippen molar-refractivity contribution in [3.8, 4) is 0 Å². The first-order valence-corrected chi connectivity index (χ1v) is 5.16. The van der Waals surface area contributed by atoms with Gasteiger partial charge in [-0.3, -0.25) is 4.52 Å². The maximum atomic E-state index is 10.4. The molecule has 0 spiro atoms. The van der Waals surface area contributed by atoms with E-state index in [4.69, 9.17) is 30.2 Å². The van der Waals surface area contributed by atoms with Crippen LogP contribution in [0.3, 0.4) is 0 Å². The fourth-order valence-corrected chi connectivity index (χ4v) is 1.36. The van der Waals surface area contributed by atoms with Crippen LogP contribution in [0.25, 0.3) is 0 Å². The third kappa shape index (κ3) is 4.99. The normalized spacial score (nSPS) is 19.0. The van der Waals surface area contributed by atoms with E-state index in [1.807, 2.05) is 0 Å². The van der Waals surface area contributed by atoms with Crippen molar-refractivity contribution in [3.05, 3.63) is 0 Å². The summed E-state index contributed by atoms with van der Waals surface area (Å²) in [6, 6.07) is 0. The first-order valence-electron chi connectivity index (χ1n) is 3.63. The Balaban J connectivity index is 4.48. The number of hydrogen-bond acceptors (Lipinski definition) is 6. The monoisotopic (exact) mass is 232 g/mol. The van der Waals surface area contributed by atoms with Gasteiger partial charge >= 0.3 is 7.82 Å². The number of hydrogen-bond donors (Lipinski definition) is 6. The average molecular weight is 232 g/mol. The van der Waals surface area contributed by atoms with Crippen molar-refractivity contribution < 1.29 is 39.3 Å². The van der Waals surface area contributed by atoms with Crippen LogP contribution in [0.5, 0.6) is 0 Å². The van der Waals surface area contributed by atoms with E-state index < -0.39 is 39.3 Å². The molecule has 2 unspecified atom stereocenters. The van der Waals surface area contributed by atoms with E-state index in [1.165, 1.54) is 0 Å². The van der Waals surface area contributed by atoms with Crippen LogP contribution in [0.1, 0.15) is 0 Å². The second-order valence-electron chi connectivity index (χ2n) is 2.56.